The highest BCUT2D eigenvalue weighted by Gasteiger charge is 2.26. The molecular weight excluding hydrogens is 212 g/mol. The molecule has 0 amide bonds. The summed E-state index contributed by atoms with van der Waals surface area (Å²) in [6, 6.07) is 8.60. The first-order valence-corrected chi connectivity index (χ1v) is 6.31. The minimum Gasteiger partial charge on any atom is -0.399 e. The zero-order chi connectivity index (χ0) is 12.4. The van der Waals surface area contributed by atoms with E-state index in [0.717, 1.165) is 18.8 Å². The van der Waals surface area contributed by atoms with E-state index in [4.69, 9.17) is 10.5 Å². The Morgan fingerprint density at radius 2 is 1.71 bits per heavy atom. The largest absolute Gasteiger partial charge is 0.399 e. The zero-order valence-electron chi connectivity index (χ0n) is 10.9. The molecule has 3 unspecified atom stereocenters. The standard InChI is InChI=1S/C14H22N2O/c1-10-8-16(9-11(2)17-10)12(3)13-4-6-14(15)7-5-13/h4-7,10-12H,8-9,15H2,1-3H3. The van der Waals surface area contributed by atoms with Crippen molar-refractivity contribution in [1.82, 2.24) is 4.90 Å². The molecule has 1 aromatic carbocycles. The van der Waals surface area contributed by atoms with E-state index in [0.29, 0.717) is 18.2 Å². The second-order valence-electron chi connectivity index (χ2n) is 5.05. The predicted octanol–water partition coefficient (Wildman–Crippen LogP) is 2.44. The molecule has 0 spiro atoms. The van der Waals surface area contributed by atoms with Gasteiger partial charge in [-0.15, -0.1) is 0 Å². The highest BCUT2D eigenvalue weighted by atomic mass is 16.5. The normalized spacial score (nSPS) is 27.9. The molecule has 3 atom stereocenters. The van der Waals surface area contributed by atoms with Crippen LogP contribution in [-0.2, 0) is 4.74 Å². The van der Waals surface area contributed by atoms with Gasteiger partial charge in [0, 0.05) is 24.8 Å². The molecule has 3 heteroatoms. The first-order valence-electron chi connectivity index (χ1n) is 6.31. The van der Waals surface area contributed by atoms with Crippen LogP contribution in [0.5, 0.6) is 0 Å². The Labute approximate surface area is 104 Å². The average Bonchev–Trinajstić information content (AvgIpc) is 2.28. The van der Waals surface area contributed by atoms with Crippen molar-refractivity contribution in [2.45, 2.75) is 39.0 Å². The molecule has 1 heterocycles. The number of nitrogen functional groups attached to an aromatic ring is 1. The third-order valence-corrected chi connectivity index (χ3v) is 3.41. The lowest BCUT2D eigenvalue weighted by Gasteiger charge is -2.39. The highest BCUT2D eigenvalue weighted by molar-refractivity contribution is 5.40. The SMILES string of the molecule is CC1CN(C(C)c2ccc(N)cc2)CC(C)O1. The van der Waals surface area contributed by atoms with E-state index in [1.54, 1.807) is 0 Å². The summed E-state index contributed by atoms with van der Waals surface area (Å²) in [6.07, 6.45) is 0.630. The van der Waals surface area contributed by atoms with Gasteiger partial charge in [0.1, 0.15) is 0 Å². The first-order chi connectivity index (χ1) is 8.06. The summed E-state index contributed by atoms with van der Waals surface area (Å²) in [6.45, 7) is 8.51. The number of hydrogen-bond acceptors (Lipinski definition) is 3. The fourth-order valence-corrected chi connectivity index (χ4v) is 2.52. The number of morpholine rings is 1. The van der Waals surface area contributed by atoms with Crippen molar-refractivity contribution in [3.63, 3.8) is 0 Å². The molecule has 0 saturated carbocycles. The summed E-state index contributed by atoms with van der Waals surface area (Å²) in [5.41, 5.74) is 7.86. The summed E-state index contributed by atoms with van der Waals surface area (Å²) in [4.78, 5) is 2.48. The monoisotopic (exact) mass is 234 g/mol. The van der Waals surface area contributed by atoms with Crippen LogP contribution in [0.15, 0.2) is 24.3 Å². The van der Waals surface area contributed by atoms with Crippen LogP contribution in [0, 0.1) is 0 Å². The lowest BCUT2D eigenvalue weighted by Crippen LogP contribution is -2.46. The van der Waals surface area contributed by atoms with Gasteiger partial charge in [0.05, 0.1) is 12.2 Å². The number of rotatable bonds is 2. The Hall–Kier alpha value is -1.06. The van der Waals surface area contributed by atoms with Gasteiger partial charge in [-0.25, -0.2) is 0 Å². The Kier molecular flexibility index (Phi) is 3.69. The lowest BCUT2D eigenvalue weighted by molar-refractivity contribution is -0.0789. The smallest absolute Gasteiger partial charge is 0.0678 e. The molecule has 17 heavy (non-hydrogen) atoms. The highest BCUT2D eigenvalue weighted by Crippen LogP contribution is 2.24. The molecule has 1 aliphatic heterocycles. The zero-order valence-corrected chi connectivity index (χ0v) is 10.9. The van der Waals surface area contributed by atoms with E-state index < -0.39 is 0 Å². The first kappa shape index (κ1) is 12.4. The van der Waals surface area contributed by atoms with Gasteiger partial charge in [-0.2, -0.15) is 0 Å². The van der Waals surface area contributed by atoms with Crippen molar-refractivity contribution >= 4 is 5.69 Å². The number of nitrogens with zero attached hydrogens (tertiary/aromatic N) is 1. The molecule has 0 aliphatic carbocycles. The summed E-state index contributed by atoms with van der Waals surface area (Å²) >= 11 is 0. The van der Waals surface area contributed by atoms with Gasteiger partial charge in [-0.05, 0) is 38.5 Å². The van der Waals surface area contributed by atoms with E-state index in [9.17, 15) is 0 Å². The second-order valence-corrected chi connectivity index (χ2v) is 5.05. The van der Waals surface area contributed by atoms with Gasteiger partial charge >= 0.3 is 0 Å². The molecule has 3 nitrogen and oxygen atoms in total. The quantitative estimate of drug-likeness (QED) is 0.799. The van der Waals surface area contributed by atoms with Gasteiger partial charge in [-0.3, -0.25) is 4.90 Å². The van der Waals surface area contributed by atoms with E-state index >= 15 is 0 Å². The fourth-order valence-electron chi connectivity index (χ4n) is 2.52. The van der Waals surface area contributed by atoms with Gasteiger partial charge in [0.15, 0.2) is 0 Å². The van der Waals surface area contributed by atoms with Crippen LogP contribution < -0.4 is 5.73 Å². The Balaban J connectivity index is 2.08. The summed E-state index contributed by atoms with van der Waals surface area (Å²) in [5.74, 6) is 0. The van der Waals surface area contributed by atoms with Crippen molar-refractivity contribution in [3.05, 3.63) is 29.8 Å². The van der Waals surface area contributed by atoms with Crippen molar-refractivity contribution in [2.24, 2.45) is 0 Å². The third-order valence-electron chi connectivity index (χ3n) is 3.41. The van der Waals surface area contributed by atoms with Crippen LogP contribution in [0.2, 0.25) is 0 Å². The molecule has 1 saturated heterocycles. The van der Waals surface area contributed by atoms with Crippen molar-refractivity contribution in [2.75, 3.05) is 18.8 Å². The third kappa shape index (κ3) is 2.99. The van der Waals surface area contributed by atoms with Crippen LogP contribution in [0.4, 0.5) is 5.69 Å². The molecule has 2 N–H and O–H groups in total. The second kappa shape index (κ2) is 5.07. The van der Waals surface area contributed by atoms with E-state index in [1.807, 2.05) is 12.1 Å². The molecule has 0 aromatic heterocycles. The van der Waals surface area contributed by atoms with Crippen LogP contribution in [-0.4, -0.2) is 30.2 Å². The van der Waals surface area contributed by atoms with Crippen LogP contribution in [0.25, 0.3) is 0 Å². The fraction of sp³-hybridized carbons (Fsp3) is 0.571. The number of ether oxygens (including phenoxy) is 1. The predicted molar refractivity (Wildman–Crippen MR) is 70.9 cm³/mol. The van der Waals surface area contributed by atoms with Crippen LogP contribution in [0.3, 0.4) is 0 Å². The van der Waals surface area contributed by atoms with Crippen LogP contribution in [0.1, 0.15) is 32.4 Å². The molecular formula is C14H22N2O. The average molecular weight is 234 g/mol. The molecule has 0 radical (unpaired) electrons. The van der Waals surface area contributed by atoms with Gasteiger partial charge < -0.3 is 10.5 Å². The summed E-state index contributed by atoms with van der Waals surface area (Å²) in [7, 11) is 0. The Bertz CT molecular complexity index is 353. The van der Waals surface area contributed by atoms with Crippen molar-refractivity contribution in [3.8, 4) is 0 Å². The minimum atomic E-state index is 0.315. The summed E-state index contributed by atoms with van der Waals surface area (Å²) in [5, 5.41) is 0. The maximum absolute atomic E-state index is 5.76. The minimum absolute atomic E-state index is 0.315. The van der Waals surface area contributed by atoms with Gasteiger partial charge in [-0.1, -0.05) is 12.1 Å². The van der Waals surface area contributed by atoms with Gasteiger partial charge in [0.25, 0.3) is 0 Å². The van der Waals surface area contributed by atoms with Crippen LogP contribution >= 0.6 is 0 Å². The maximum atomic E-state index is 5.76. The van der Waals surface area contributed by atoms with E-state index in [2.05, 4.69) is 37.8 Å². The number of nitrogens with two attached hydrogens (primary N) is 1. The topological polar surface area (TPSA) is 38.5 Å². The number of hydrogen-bond donors (Lipinski definition) is 1. The molecule has 94 valence electrons. The molecule has 0 bridgehead atoms. The Morgan fingerprint density at radius 3 is 2.24 bits per heavy atom. The molecule has 2 rings (SSSR count). The molecule has 1 fully saturated rings. The van der Waals surface area contributed by atoms with E-state index in [-0.39, 0.29) is 0 Å². The lowest BCUT2D eigenvalue weighted by atomic mass is 10.0. The maximum Gasteiger partial charge on any atom is 0.0678 e. The number of benzene rings is 1. The summed E-state index contributed by atoms with van der Waals surface area (Å²) < 4.78 is 5.76. The van der Waals surface area contributed by atoms with Gasteiger partial charge in [0.2, 0.25) is 0 Å². The Morgan fingerprint density at radius 1 is 1.18 bits per heavy atom. The van der Waals surface area contributed by atoms with E-state index in [1.165, 1.54) is 5.56 Å². The molecule has 1 aliphatic rings. The molecule has 1 aromatic rings. The van der Waals surface area contributed by atoms with Crippen molar-refractivity contribution < 1.29 is 4.74 Å². The number of anilines is 1. The van der Waals surface area contributed by atoms with Crippen molar-refractivity contribution in [1.29, 1.82) is 0 Å².